The second-order valence-corrected chi connectivity index (χ2v) is 5.13. The molecule has 23 heavy (non-hydrogen) atoms. The third-order valence-corrected chi connectivity index (χ3v) is 3.48. The van der Waals surface area contributed by atoms with Crippen molar-refractivity contribution < 1.29 is 19.1 Å². The summed E-state index contributed by atoms with van der Waals surface area (Å²) in [5.74, 6) is -0.267. The van der Waals surface area contributed by atoms with Crippen LogP contribution in [0.25, 0.3) is 0 Å². The minimum Gasteiger partial charge on any atom is -0.454 e. The Morgan fingerprint density at radius 2 is 1.74 bits per heavy atom. The van der Waals surface area contributed by atoms with E-state index in [2.05, 4.69) is 10.6 Å². The molecule has 0 aliphatic carbocycles. The van der Waals surface area contributed by atoms with E-state index >= 15 is 0 Å². The summed E-state index contributed by atoms with van der Waals surface area (Å²) in [4.78, 5) is 24.0. The Bertz CT molecular complexity index is 731. The number of rotatable bonds is 3. The number of benzene rings is 2. The van der Waals surface area contributed by atoms with E-state index in [1.807, 2.05) is 37.3 Å². The van der Waals surface area contributed by atoms with Crippen LogP contribution in [0.15, 0.2) is 48.5 Å². The molecule has 1 heterocycles. The van der Waals surface area contributed by atoms with Gasteiger partial charge in [0.05, 0.1) is 6.04 Å². The fourth-order valence-electron chi connectivity index (χ4n) is 2.25. The maximum Gasteiger partial charge on any atom is 0.313 e. The lowest BCUT2D eigenvalue weighted by atomic mass is 10.1. The Labute approximate surface area is 133 Å². The molecule has 6 nitrogen and oxygen atoms in total. The zero-order valence-corrected chi connectivity index (χ0v) is 12.5. The highest BCUT2D eigenvalue weighted by atomic mass is 16.7. The quantitative estimate of drug-likeness (QED) is 0.852. The van der Waals surface area contributed by atoms with E-state index in [1.165, 1.54) is 0 Å². The van der Waals surface area contributed by atoms with Gasteiger partial charge in [0.15, 0.2) is 11.5 Å². The largest absolute Gasteiger partial charge is 0.454 e. The normalized spacial score (nSPS) is 13.3. The van der Waals surface area contributed by atoms with Crippen LogP contribution in [-0.4, -0.2) is 18.6 Å². The van der Waals surface area contributed by atoms with Crippen molar-refractivity contribution in [1.82, 2.24) is 5.32 Å². The van der Waals surface area contributed by atoms with Crippen molar-refractivity contribution >= 4 is 17.5 Å². The molecule has 3 rings (SSSR count). The van der Waals surface area contributed by atoms with Gasteiger partial charge in [-0.25, -0.2) is 0 Å². The smallest absolute Gasteiger partial charge is 0.313 e. The van der Waals surface area contributed by atoms with Crippen LogP contribution in [-0.2, 0) is 9.59 Å². The second kappa shape index (κ2) is 6.39. The lowest BCUT2D eigenvalue weighted by Gasteiger charge is -2.14. The molecule has 0 unspecified atom stereocenters. The number of ether oxygens (including phenoxy) is 2. The minimum atomic E-state index is -0.730. The lowest BCUT2D eigenvalue weighted by Crippen LogP contribution is -2.36. The maximum absolute atomic E-state index is 12.0. The number of amides is 2. The molecule has 1 atom stereocenters. The zero-order valence-electron chi connectivity index (χ0n) is 12.5. The van der Waals surface area contributed by atoms with Gasteiger partial charge < -0.3 is 20.1 Å². The highest BCUT2D eigenvalue weighted by Gasteiger charge is 2.19. The predicted octanol–water partition coefficient (Wildman–Crippen LogP) is 2.23. The topological polar surface area (TPSA) is 76.7 Å². The Morgan fingerprint density at radius 1 is 1.00 bits per heavy atom. The molecule has 0 spiro atoms. The standard InChI is InChI=1S/C17H16N2O4/c1-11(12-5-3-2-4-6-12)18-16(20)17(21)19-13-7-8-14-15(9-13)23-10-22-14/h2-9,11H,10H2,1H3,(H,18,20)(H,19,21)/t11-/m0/s1. The zero-order chi connectivity index (χ0) is 16.2. The molecule has 2 N–H and O–H groups in total. The Kier molecular flexibility index (Phi) is 4.14. The van der Waals surface area contributed by atoms with Crippen LogP contribution >= 0.6 is 0 Å². The third kappa shape index (κ3) is 3.42. The summed E-state index contributed by atoms with van der Waals surface area (Å²) in [5, 5.41) is 5.20. The SMILES string of the molecule is C[C@H](NC(=O)C(=O)Nc1ccc2c(c1)OCO2)c1ccccc1. The number of fused-ring (bicyclic) bond motifs is 1. The fraction of sp³-hybridized carbons (Fsp3) is 0.176. The summed E-state index contributed by atoms with van der Waals surface area (Å²) >= 11 is 0. The molecule has 0 bridgehead atoms. The number of hydrogen-bond donors (Lipinski definition) is 2. The van der Waals surface area contributed by atoms with Crippen molar-refractivity contribution in [2.24, 2.45) is 0 Å². The second-order valence-electron chi connectivity index (χ2n) is 5.13. The van der Waals surface area contributed by atoms with Crippen LogP contribution in [0.5, 0.6) is 11.5 Å². The van der Waals surface area contributed by atoms with Gasteiger partial charge in [0, 0.05) is 11.8 Å². The Morgan fingerprint density at radius 3 is 2.52 bits per heavy atom. The fourth-order valence-corrected chi connectivity index (χ4v) is 2.25. The van der Waals surface area contributed by atoms with E-state index < -0.39 is 11.8 Å². The molecular weight excluding hydrogens is 296 g/mol. The van der Waals surface area contributed by atoms with E-state index in [9.17, 15) is 9.59 Å². The van der Waals surface area contributed by atoms with Crippen molar-refractivity contribution in [2.75, 3.05) is 12.1 Å². The molecule has 118 valence electrons. The first-order valence-corrected chi connectivity index (χ1v) is 7.20. The van der Waals surface area contributed by atoms with Crippen molar-refractivity contribution in [3.05, 3.63) is 54.1 Å². The lowest BCUT2D eigenvalue weighted by molar-refractivity contribution is -0.136. The number of carbonyl (C=O) groups is 2. The van der Waals surface area contributed by atoms with Gasteiger partial charge in [-0.05, 0) is 24.6 Å². The molecule has 0 aromatic heterocycles. The monoisotopic (exact) mass is 312 g/mol. The van der Waals surface area contributed by atoms with Crippen molar-refractivity contribution in [3.8, 4) is 11.5 Å². The molecule has 0 saturated heterocycles. The molecule has 0 radical (unpaired) electrons. The summed E-state index contributed by atoms with van der Waals surface area (Å²) in [6.45, 7) is 1.98. The van der Waals surface area contributed by atoms with E-state index in [4.69, 9.17) is 9.47 Å². The van der Waals surface area contributed by atoms with Gasteiger partial charge in [-0.2, -0.15) is 0 Å². The van der Waals surface area contributed by atoms with Crippen molar-refractivity contribution in [2.45, 2.75) is 13.0 Å². The first-order chi connectivity index (χ1) is 11.1. The average Bonchev–Trinajstić information content (AvgIpc) is 3.03. The number of anilines is 1. The minimum absolute atomic E-state index is 0.155. The van der Waals surface area contributed by atoms with Crippen molar-refractivity contribution in [1.29, 1.82) is 0 Å². The molecule has 1 aliphatic rings. The van der Waals surface area contributed by atoms with Gasteiger partial charge >= 0.3 is 11.8 Å². The van der Waals surface area contributed by atoms with Crippen LogP contribution in [0, 0.1) is 0 Å². The number of nitrogens with one attached hydrogen (secondary N) is 2. The molecular formula is C17H16N2O4. The summed E-state index contributed by atoms with van der Waals surface area (Å²) in [6, 6.07) is 14.1. The number of hydrogen-bond acceptors (Lipinski definition) is 4. The summed E-state index contributed by atoms with van der Waals surface area (Å²) in [7, 11) is 0. The molecule has 0 saturated carbocycles. The first-order valence-electron chi connectivity index (χ1n) is 7.20. The molecule has 2 aromatic carbocycles. The highest BCUT2D eigenvalue weighted by Crippen LogP contribution is 2.34. The van der Waals surface area contributed by atoms with E-state index in [1.54, 1.807) is 18.2 Å². The van der Waals surface area contributed by atoms with Crippen LogP contribution in [0.2, 0.25) is 0 Å². The van der Waals surface area contributed by atoms with Crippen LogP contribution in [0.3, 0.4) is 0 Å². The van der Waals surface area contributed by atoms with E-state index in [0.717, 1.165) is 5.56 Å². The van der Waals surface area contributed by atoms with Gasteiger partial charge in [0.2, 0.25) is 6.79 Å². The van der Waals surface area contributed by atoms with Gasteiger partial charge in [0.1, 0.15) is 0 Å². The summed E-state index contributed by atoms with van der Waals surface area (Å²) in [5.41, 5.74) is 1.40. The van der Waals surface area contributed by atoms with Gasteiger partial charge in [-0.1, -0.05) is 30.3 Å². The molecule has 6 heteroatoms. The Hall–Kier alpha value is -3.02. The highest BCUT2D eigenvalue weighted by molar-refractivity contribution is 6.39. The van der Waals surface area contributed by atoms with Gasteiger partial charge in [-0.15, -0.1) is 0 Å². The maximum atomic E-state index is 12.0. The average molecular weight is 312 g/mol. The van der Waals surface area contributed by atoms with Crippen LogP contribution < -0.4 is 20.1 Å². The molecule has 1 aliphatic heterocycles. The van der Waals surface area contributed by atoms with Crippen LogP contribution in [0.4, 0.5) is 5.69 Å². The molecule has 2 aromatic rings. The van der Waals surface area contributed by atoms with E-state index in [-0.39, 0.29) is 12.8 Å². The molecule has 2 amide bonds. The third-order valence-electron chi connectivity index (χ3n) is 3.48. The number of carbonyl (C=O) groups excluding carboxylic acids is 2. The van der Waals surface area contributed by atoms with Gasteiger partial charge in [-0.3, -0.25) is 9.59 Å². The summed E-state index contributed by atoms with van der Waals surface area (Å²) in [6.07, 6.45) is 0. The predicted molar refractivity (Wildman–Crippen MR) is 84.2 cm³/mol. The van der Waals surface area contributed by atoms with E-state index in [0.29, 0.717) is 17.2 Å². The Balaban J connectivity index is 1.60. The van der Waals surface area contributed by atoms with Gasteiger partial charge in [0.25, 0.3) is 0 Å². The molecule has 0 fully saturated rings. The summed E-state index contributed by atoms with van der Waals surface area (Å²) < 4.78 is 10.4. The van der Waals surface area contributed by atoms with Crippen LogP contribution in [0.1, 0.15) is 18.5 Å². The van der Waals surface area contributed by atoms with Crippen molar-refractivity contribution in [3.63, 3.8) is 0 Å². The first kappa shape index (κ1) is 14.9.